The first-order valence-corrected chi connectivity index (χ1v) is 10.1. The minimum Gasteiger partial charge on any atom is -0.465 e. The summed E-state index contributed by atoms with van der Waals surface area (Å²) in [6.07, 6.45) is 2.39. The summed E-state index contributed by atoms with van der Waals surface area (Å²) in [4.78, 5) is 26.3. The van der Waals surface area contributed by atoms with Gasteiger partial charge in [-0.2, -0.15) is 0 Å². The first-order valence-electron chi connectivity index (χ1n) is 10.1. The molecule has 0 aromatic heterocycles. The van der Waals surface area contributed by atoms with Crippen molar-refractivity contribution in [2.45, 2.75) is 38.5 Å². The molecule has 1 N–H and O–H groups in total. The first-order chi connectivity index (χ1) is 14.1. The number of anilines is 1. The second-order valence-corrected chi connectivity index (χ2v) is 7.62. The molecule has 29 heavy (non-hydrogen) atoms. The van der Waals surface area contributed by atoms with Gasteiger partial charge in [0.1, 0.15) is 6.10 Å². The highest BCUT2D eigenvalue weighted by molar-refractivity contribution is 5.94. The number of methoxy groups -OCH3 is 1. The van der Waals surface area contributed by atoms with Gasteiger partial charge < -0.3 is 14.8 Å². The van der Waals surface area contributed by atoms with Gasteiger partial charge in [-0.25, -0.2) is 4.79 Å². The van der Waals surface area contributed by atoms with E-state index >= 15 is 0 Å². The number of esters is 1. The molecule has 1 fully saturated rings. The third-order valence-electron chi connectivity index (χ3n) is 5.57. The summed E-state index contributed by atoms with van der Waals surface area (Å²) >= 11 is 0. The molecular formula is C23H26N2O4. The van der Waals surface area contributed by atoms with Gasteiger partial charge >= 0.3 is 5.97 Å². The Morgan fingerprint density at radius 1 is 1.17 bits per heavy atom. The van der Waals surface area contributed by atoms with E-state index in [0.717, 1.165) is 50.1 Å². The molecule has 2 aromatic rings. The van der Waals surface area contributed by atoms with E-state index in [0.29, 0.717) is 12.2 Å². The van der Waals surface area contributed by atoms with Gasteiger partial charge in [0.25, 0.3) is 5.91 Å². The van der Waals surface area contributed by atoms with Crippen molar-refractivity contribution in [3.8, 4) is 0 Å². The van der Waals surface area contributed by atoms with E-state index < -0.39 is 0 Å². The molecule has 0 spiro atoms. The molecule has 6 heteroatoms. The zero-order valence-electron chi connectivity index (χ0n) is 16.6. The van der Waals surface area contributed by atoms with E-state index in [1.54, 1.807) is 12.1 Å². The monoisotopic (exact) mass is 394 g/mol. The van der Waals surface area contributed by atoms with Crippen LogP contribution in [-0.4, -0.2) is 43.1 Å². The van der Waals surface area contributed by atoms with Crippen molar-refractivity contribution in [2.24, 2.45) is 0 Å². The molecule has 2 aromatic carbocycles. The van der Waals surface area contributed by atoms with Crippen LogP contribution in [0.2, 0.25) is 0 Å². The molecule has 1 saturated heterocycles. The molecule has 0 bridgehead atoms. The van der Waals surface area contributed by atoms with Crippen LogP contribution in [0.4, 0.5) is 5.69 Å². The van der Waals surface area contributed by atoms with Crippen molar-refractivity contribution in [3.05, 3.63) is 64.7 Å². The smallest absolute Gasteiger partial charge is 0.337 e. The van der Waals surface area contributed by atoms with E-state index in [2.05, 4.69) is 22.3 Å². The highest BCUT2D eigenvalue weighted by Gasteiger charge is 2.24. The molecule has 1 atom stereocenters. The highest BCUT2D eigenvalue weighted by Crippen LogP contribution is 2.25. The zero-order chi connectivity index (χ0) is 20.2. The molecule has 0 saturated carbocycles. The van der Waals surface area contributed by atoms with Gasteiger partial charge in [-0.15, -0.1) is 0 Å². The van der Waals surface area contributed by atoms with Gasteiger partial charge in [-0.05, 0) is 60.2 Å². The number of nitrogens with one attached hydrogen (secondary N) is 1. The van der Waals surface area contributed by atoms with Crippen molar-refractivity contribution >= 4 is 17.6 Å². The van der Waals surface area contributed by atoms with Crippen LogP contribution in [0.25, 0.3) is 0 Å². The molecule has 0 aliphatic carbocycles. The van der Waals surface area contributed by atoms with Crippen LogP contribution in [0.1, 0.15) is 39.9 Å². The number of rotatable bonds is 5. The fourth-order valence-electron chi connectivity index (χ4n) is 3.96. The predicted octanol–water partition coefficient (Wildman–Crippen LogP) is 3.15. The summed E-state index contributed by atoms with van der Waals surface area (Å²) in [6.45, 7) is 3.29. The maximum Gasteiger partial charge on any atom is 0.337 e. The Kier molecular flexibility index (Phi) is 5.92. The number of nitrogens with zero attached hydrogens (tertiary/aromatic N) is 1. The van der Waals surface area contributed by atoms with Crippen molar-refractivity contribution in [1.29, 1.82) is 0 Å². The molecule has 152 valence electrons. The van der Waals surface area contributed by atoms with E-state index in [9.17, 15) is 9.59 Å². The molecular weight excluding hydrogens is 368 g/mol. The number of fused-ring (bicyclic) bond motifs is 1. The number of benzene rings is 2. The van der Waals surface area contributed by atoms with Gasteiger partial charge in [-0.1, -0.05) is 18.2 Å². The number of carbonyl (C=O) groups is 2. The molecule has 0 radical (unpaired) electrons. The second kappa shape index (κ2) is 8.76. The summed E-state index contributed by atoms with van der Waals surface area (Å²) in [5, 5.41) is 2.99. The molecule has 2 aliphatic heterocycles. The number of amides is 1. The van der Waals surface area contributed by atoms with Crippen LogP contribution in [0.5, 0.6) is 0 Å². The normalized spacial score (nSPS) is 18.9. The second-order valence-electron chi connectivity index (χ2n) is 7.62. The molecule has 1 unspecified atom stereocenters. The van der Waals surface area contributed by atoms with Crippen LogP contribution in [0.3, 0.4) is 0 Å². The summed E-state index contributed by atoms with van der Waals surface area (Å²) in [6, 6.07) is 13.7. The Balaban J connectivity index is 1.39. The van der Waals surface area contributed by atoms with Crippen LogP contribution < -0.4 is 5.32 Å². The Morgan fingerprint density at radius 2 is 2.00 bits per heavy atom. The van der Waals surface area contributed by atoms with Crippen molar-refractivity contribution in [3.63, 3.8) is 0 Å². The maximum atomic E-state index is 12.3. The van der Waals surface area contributed by atoms with E-state index in [-0.39, 0.29) is 18.0 Å². The molecule has 6 nitrogen and oxygen atoms in total. The van der Waals surface area contributed by atoms with Gasteiger partial charge in [0.05, 0.1) is 12.7 Å². The summed E-state index contributed by atoms with van der Waals surface area (Å²) in [5.74, 6) is -0.373. The van der Waals surface area contributed by atoms with E-state index in [1.807, 2.05) is 18.2 Å². The quantitative estimate of drug-likeness (QED) is 0.789. The van der Waals surface area contributed by atoms with Crippen molar-refractivity contribution in [2.75, 3.05) is 25.6 Å². The van der Waals surface area contributed by atoms with Crippen LogP contribution >= 0.6 is 0 Å². The lowest BCUT2D eigenvalue weighted by atomic mass is 9.98. The minimum absolute atomic E-state index is 0.0548. The first kappa shape index (κ1) is 19.6. The summed E-state index contributed by atoms with van der Waals surface area (Å²) in [5.41, 5.74) is 5.12. The third-order valence-corrected chi connectivity index (χ3v) is 5.57. The predicted molar refractivity (Wildman–Crippen MR) is 110 cm³/mol. The Morgan fingerprint density at radius 3 is 2.72 bits per heavy atom. The topological polar surface area (TPSA) is 67.9 Å². The Bertz CT molecular complexity index is 888. The average molecular weight is 394 g/mol. The molecule has 2 aliphatic rings. The fourth-order valence-corrected chi connectivity index (χ4v) is 3.96. The van der Waals surface area contributed by atoms with Crippen LogP contribution in [0, 0.1) is 0 Å². The molecule has 4 rings (SSSR count). The Labute approximate surface area is 170 Å². The van der Waals surface area contributed by atoms with Gasteiger partial charge in [0.2, 0.25) is 0 Å². The molecule has 1 amide bonds. The highest BCUT2D eigenvalue weighted by atomic mass is 16.5. The minimum atomic E-state index is -0.324. The average Bonchev–Trinajstić information content (AvgIpc) is 3.29. The lowest BCUT2D eigenvalue weighted by Gasteiger charge is -2.29. The van der Waals surface area contributed by atoms with Crippen molar-refractivity contribution < 1.29 is 19.1 Å². The van der Waals surface area contributed by atoms with Gasteiger partial charge in [0.15, 0.2) is 0 Å². The van der Waals surface area contributed by atoms with Gasteiger partial charge in [0, 0.05) is 31.9 Å². The summed E-state index contributed by atoms with van der Waals surface area (Å²) in [7, 11) is 1.39. The maximum absolute atomic E-state index is 12.3. The van der Waals surface area contributed by atoms with Crippen molar-refractivity contribution in [1.82, 2.24) is 4.90 Å². The third kappa shape index (κ3) is 4.66. The lowest BCUT2D eigenvalue weighted by molar-refractivity contribution is -0.124. The number of ether oxygens (including phenoxy) is 2. The van der Waals surface area contributed by atoms with Crippen LogP contribution in [0.15, 0.2) is 42.5 Å². The Hall–Kier alpha value is -2.70. The number of carbonyl (C=O) groups excluding carboxylic acids is 2. The lowest BCUT2D eigenvalue weighted by Crippen LogP contribution is -2.30. The largest absolute Gasteiger partial charge is 0.465 e. The van der Waals surface area contributed by atoms with E-state index in [1.165, 1.54) is 18.2 Å². The zero-order valence-corrected chi connectivity index (χ0v) is 16.6. The SMILES string of the molecule is COC(=O)c1ccc(CN2CCc3ccc(NC(=O)C4CCCO4)cc3C2)cc1. The number of hydrogen-bond acceptors (Lipinski definition) is 5. The molecule has 2 heterocycles. The van der Waals surface area contributed by atoms with E-state index in [4.69, 9.17) is 9.47 Å². The van der Waals surface area contributed by atoms with Crippen LogP contribution in [-0.2, 0) is 33.8 Å². The summed E-state index contributed by atoms with van der Waals surface area (Å²) < 4.78 is 10.2. The number of hydrogen-bond donors (Lipinski definition) is 1. The standard InChI is InChI=1S/C23H26N2O4/c1-28-23(27)18-6-4-16(5-7-18)14-25-11-10-17-8-9-20(13-19(17)15-25)24-22(26)21-3-2-12-29-21/h4-9,13,21H,2-3,10-12,14-15H2,1H3,(H,24,26). The fraction of sp³-hybridized carbons (Fsp3) is 0.391. The van der Waals surface area contributed by atoms with Gasteiger partial charge in [-0.3, -0.25) is 9.69 Å².